The van der Waals surface area contributed by atoms with E-state index in [0.717, 1.165) is 5.52 Å². The average molecular weight is 268 g/mol. The minimum absolute atomic E-state index is 1.04. The first-order chi connectivity index (χ1) is 10.4. The number of aromatic nitrogens is 2. The molecule has 0 saturated heterocycles. The number of hydrogen-bond acceptors (Lipinski definition) is 1. The largest absolute Gasteiger partial charge is 0.354 e. The smallest absolute Gasteiger partial charge is 0.0708 e. The zero-order valence-corrected chi connectivity index (χ0v) is 11.3. The molecule has 2 heteroatoms. The summed E-state index contributed by atoms with van der Waals surface area (Å²) >= 11 is 0. The predicted molar refractivity (Wildman–Crippen MR) is 88.6 cm³/mol. The van der Waals surface area contributed by atoms with Gasteiger partial charge in [0.1, 0.15) is 0 Å². The second kappa shape index (κ2) is 3.83. The Morgan fingerprint density at radius 2 is 1.48 bits per heavy atom. The second-order valence-electron chi connectivity index (χ2n) is 5.43. The van der Waals surface area contributed by atoms with Gasteiger partial charge in [0.15, 0.2) is 0 Å². The van der Waals surface area contributed by atoms with E-state index in [1.807, 2.05) is 12.3 Å². The van der Waals surface area contributed by atoms with E-state index in [1.54, 1.807) is 0 Å². The topological polar surface area (TPSA) is 28.7 Å². The molecule has 0 aliphatic rings. The van der Waals surface area contributed by atoms with Gasteiger partial charge in [-0.25, -0.2) is 0 Å². The van der Waals surface area contributed by atoms with Crippen molar-refractivity contribution in [3.05, 3.63) is 66.9 Å². The lowest BCUT2D eigenvalue weighted by atomic mass is 10.0. The van der Waals surface area contributed by atoms with E-state index >= 15 is 0 Å². The van der Waals surface area contributed by atoms with Crippen LogP contribution in [0.3, 0.4) is 0 Å². The fourth-order valence-electron chi connectivity index (χ4n) is 3.21. The van der Waals surface area contributed by atoms with Crippen LogP contribution < -0.4 is 0 Å². The summed E-state index contributed by atoms with van der Waals surface area (Å²) in [4.78, 5) is 8.08. The highest BCUT2D eigenvalue weighted by molar-refractivity contribution is 6.16. The minimum Gasteiger partial charge on any atom is -0.354 e. The lowest BCUT2D eigenvalue weighted by Gasteiger charge is -2.03. The molecule has 5 rings (SSSR count). The van der Waals surface area contributed by atoms with Crippen molar-refractivity contribution >= 4 is 43.5 Å². The third-order valence-corrected chi connectivity index (χ3v) is 4.21. The molecular formula is C19H12N2. The molecule has 98 valence electrons. The molecule has 0 unspecified atom stereocenters. The Morgan fingerprint density at radius 1 is 0.667 bits per heavy atom. The first-order valence-corrected chi connectivity index (χ1v) is 7.08. The van der Waals surface area contributed by atoms with E-state index in [4.69, 9.17) is 0 Å². The Kier molecular flexibility index (Phi) is 1.98. The average Bonchev–Trinajstić information content (AvgIpc) is 2.90. The number of pyridine rings is 1. The van der Waals surface area contributed by atoms with Crippen molar-refractivity contribution in [2.45, 2.75) is 0 Å². The molecule has 0 spiro atoms. The molecular weight excluding hydrogens is 256 g/mol. The number of nitrogens with one attached hydrogen (secondary N) is 1. The summed E-state index contributed by atoms with van der Waals surface area (Å²) < 4.78 is 0. The first-order valence-electron chi connectivity index (χ1n) is 7.08. The molecule has 1 N–H and O–H groups in total. The highest BCUT2D eigenvalue weighted by Gasteiger charge is 2.07. The molecule has 0 amide bonds. The van der Waals surface area contributed by atoms with Crippen LogP contribution in [0.4, 0.5) is 0 Å². The normalized spacial score (nSPS) is 11.8. The molecule has 5 aromatic rings. The van der Waals surface area contributed by atoms with Gasteiger partial charge in [-0.15, -0.1) is 0 Å². The van der Waals surface area contributed by atoms with Gasteiger partial charge in [0.25, 0.3) is 0 Å². The zero-order chi connectivity index (χ0) is 13.8. The Labute approximate surface area is 121 Å². The lowest BCUT2D eigenvalue weighted by molar-refractivity contribution is 1.45. The maximum atomic E-state index is 4.57. The molecule has 0 radical (unpaired) electrons. The number of nitrogens with zero attached hydrogens (tertiary/aromatic N) is 1. The van der Waals surface area contributed by atoms with Crippen LogP contribution in [0, 0.1) is 0 Å². The summed E-state index contributed by atoms with van der Waals surface area (Å²) in [5.41, 5.74) is 3.40. The quantitative estimate of drug-likeness (QED) is 0.392. The van der Waals surface area contributed by atoms with Gasteiger partial charge in [0.2, 0.25) is 0 Å². The summed E-state index contributed by atoms with van der Waals surface area (Å²) in [6.07, 6.45) is 1.97. The Bertz CT molecular complexity index is 1140. The summed E-state index contributed by atoms with van der Waals surface area (Å²) in [7, 11) is 0. The zero-order valence-electron chi connectivity index (χ0n) is 11.3. The maximum Gasteiger partial charge on any atom is 0.0708 e. The molecule has 0 atom stereocenters. The fraction of sp³-hybridized carbons (Fsp3) is 0. The van der Waals surface area contributed by atoms with Crippen LogP contribution >= 0.6 is 0 Å². The predicted octanol–water partition coefficient (Wildman–Crippen LogP) is 5.02. The van der Waals surface area contributed by atoms with E-state index in [9.17, 15) is 0 Å². The van der Waals surface area contributed by atoms with E-state index < -0.39 is 0 Å². The molecule has 21 heavy (non-hydrogen) atoms. The number of hydrogen-bond donors (Lipinski definition) is 1. The number of para-hydroxylation sites is 2. The van der Waals surface area contributed by atoms with Gasteiger partial charge in [-0.3, -0.25) is 4.98 Å². The fourth-order valence-corrected chi connectivity index (χ4v) is 3.21. The number of benzene rings is 3. The molecule has 0 saturated carbocycles. The van der Waals surface area contributed by atoms with Crippen molar-refractivity contribution in [1.82, 2.24) is 9.97 Å². The van der Waals surface area contributed by atoms with Gasteiger partial charge in [-0.05, 0) is 29.7 Å². The van der Waals surface area contributed by atoms with Crippen LogP contribution in [0.5, 0.6) is 0 Å². The molecule has 0 aliphatic carbocycles. The van der Waals surface area contributed by atoms with Crippen molar-refractivity contribution in [3.63, 3.8) is 0 Å². The Hall–Kier alpha value is -2.87. The SMILES string of the molecule is c1ccc2c(c1)ncc1cc3c(cc12)[nH]c1ccccc13. The number of aromatic amines is 1. The summed E-state index contributed by atoms with van der Waals surface area (Å²) in [6.45, 7) is 0. The van der Waals surface area contributed by atoms with E-state index in [2.05, 4.69) is 64.6 Å². The first kappa shape index (κ1) is 10.9. The van der Waals surface area contributed by atoms with Crippen LogP contribution in [-0.4, -0.2) is 9.97 Å². The van der Waals surface area contributed by atoms with Crippen molar-refractivity contribution in [3.8, 4) is 0 Å². The third kappa shape index (κ3) is 1.44. The van der Waals surface area contributed by atoms with Crippen LogP contribution in [0.2, 0.25) is 0 Å². The minimum atomic E-state index is 1.04. The van der Waals surface area contributed by atoms with Crippen molar-refractivity contribution in [1.29, 1.82) is 0 Å². The van der Waals surface area contributed by atoms with Crippen LogP contribution in [0.15, 0.2) is 66.9 Å². The number of H-pyrrole nitrogens is 1. The van der Waals surface area contributed by atoms with E-state index in [-0.39, 0.29) is 0 Å². The van der Waals surface area contributed by atoms with Crippen molar-refractivity contribution in [2.24, 2.45) is 0 Å². The molecule has 3 aromatic carbocycles. The summed E-state index contributed by atoms with van der Waals surface area (Å²) in [5, 5.41) is 6.17. The highest BCUT2D eigenvalue weighted by Crippen LogP contribution is 2.31. The molecule has 2 heterocycles. The standard InChI is InChI=1S/C19H12N2/c1-3-7-17-13(5-1)15-10-19-16(9-12(15)11-20-17)14-6-2-4-8-18(14)21-19/h1-11,21H. The van der Waals surface area contributed by atoms with Crippen molar-refractivity contribution < 1.29 is 0 Å². The summed E-state index contributed by atoms with van der Waals surface area (Å²) in [6, 6.07) is 21.2. The second-order valence-corrected chi connectivity index (χ2v) is 5.43. The Balaban J connectivity index is 2.04. The van der Waals surface area contributed by atoms with Crippen LogP contribution in [0.25, 0.3) is 43.5 Å². The Morgan fingerprint density at radius 3 is 2.43 bits per heavy atom. The van der Waals surface area contributed by atoms with Gasteiger partial charge in [-0.2, -0.15) is 0 Å². The highest BCUT2D eigenvalue weighted by atomic mass is 14.7. The lowest BCUT2D eigenvalue weighted by Crippen LogP contribution is -1.82. The number of rotatable bonds is 0. The maximum absolute atomic E-state index is 4.57. The van der Waals surface area contributed by atoms with Gasteiger partial charge >= 0.3 is 0 Å². The molecule has 2 nitrogen and oxygen atoms in total. The van der Waals surface area contributed by atoms with Crippen LogP contribution in [0.1, 0.15) is 0 Å². The van der Waals surface area contributed by atoms with Gasteiger partial charge in [0.05, 0.1) is 5.52 Å². The van der Waals surface area contributed by atoms with Gasteiger partial charge in [-0.1, -0.05) is 36.4 Å². The van der Waals surface area contributed by atoms with Gasteiger partial charge < -0.3 is 4.98 Å². The van der Waals surface area contributed by atoms with Crippen molar-refractivity contribution in [2.75, 3.05) is 0 Å². The molecule has 0 aliphatic heterocycles. The third-order valence-electron chi connectivity index (χ3n) is 4.21. The molecule has 2 aromatic heterocycles. The molecule has 0 bridgehead atoms. The van der Waals surface area contributed by atoms with Crippen LogP contribution in [-0.2, 0) is 0 Å². The number of fused-ring (bicyclic) bond motifs is 6. The van der Waals surface area contributed by atoms with E-state index in [1.165, 1.54) is 38.0 Å². The monoisotopic (exact) mass is 268 g/mol. The van der Waals surface area contributed by atoms with E-state index in [0.29, 0.717) is 0 Å². The van der Waals surface area contributed by atoms with Gasteiger partial charge in [0, 0.05) is 38.8 Å². The summed E-state index contributed by atoms with van der Waals surface area (Å²) in [5.74, 6) is 0. The molecule has 0 fully saturated rings.